The number of alkyl halides is 3. The Labute approximate surface area is 189 Å². The van der Waals surface area contributed by atoms with Gasteiger partial charge in [0, 0.05) is 11.6 Å². The fourth-order valence-corrected chi connectivity index (χ4v) is 3.95. The number of hydrogen-bond donors (Lipinski definition) is 2. The zero-order chi connectivity index (χ0) is 22.2. The number of fused-ring (bicyclic) bond motifs is 1. The summed E-state index contributed by atoms with van der Waals surface area (Å²) in [5, 5.41) is 9.61. The summed E-state index contributed by atoms with van der Waals surface area (Å²) >= 11 is 0. The van der Waals surface area contributed by atoms with E-state index < -0.39 is 29.7 Å². The van der Waals surface area contributed by atoms with E-state index in [1.54, 1.807) is 36.4 Å². The molecular weight excluding hydrogens is 443 g/mol. The van der Waals surface area contributed by atoms with E-state index in [4.69, 9.17) is 10.5 Å². The van der Waals surface area contributed by atoms with E-state index in [2.05, 4.69) is 0 Å². The summed E-state index contributed by atoms with van der Waals surface area (Å²) in [7, 11) is 0. The molecule has 2 atom stereocenters. The third-order valence-electron chi connectivity index (χ3n) is 5.53. The molecule has 1 aliphatic carbocycles. The first-order valence-corrected chi connectivity index (χ1v) is 9.80. The fourth-order valence-electron chi connectivity index (χ4n) is 3.95. The lowest BCUT2D eigenvalue weighted by atomic mass is 9.79. The predicted molar refractivity (Wildman–Crippen MR) is 117 cm³/mol. The van der Waals surface area contributed by atoms with Gasteiger partial charge in [-0.05, 0) is 59.9 Å². The van der Waals surface area contributed by atoms with Crippen LogP contribution in [0.3, 0.4) is 0 Å². The van der Waals surface area contributed by atoms with Crippen LogP contribution in [0.4, 0.5) is 13.2 Å². The maximum absolute atomic E-state index is 12.9. The van der Waals surface area contributed by atoms with Gasteiger partial charge in [0.15, 0.2) is 0 Å². The summed E-state index contributed by atoms with van der Waals surface area (Å²) < 4.78 is 44.6. The van der Waals surface area contributed by atoms with Crippen LogP contribution in [0, 0.1) is 0 Å². The minimum Gasteiger partial charge on any atom is -0.481 e. The number of aliphatic carboxylic acids is 1. The number of halogens is 4. The normalized spacial score (nSPS) is 17.8. The smallest absolute Gasteiger partial charge is 0.416 e. The van der Waals surface area contributed by atoms with Crippen LogP contribution in [-0.2, 0) is 17.4 Å². The maximum atomic E-state index is 12.9. The number of nitrogens with two attached hydrogens (primary N) is 1. The summed E-state index contributed by atoms with van der Waals surface area (Å²) in [4.78, 5) is 11.7. The number of aryl methyl sites for hydroxylation is 1. The second kappa shape index (κ2) is 9.22. The van der Waals surface area contributed by atoms with Crippen molar-refractivity contribution in [1.82, 2.24) is 0 Å². The Bertz CT molecular complexity index is 1120. The highest BCUT2D eigenvalue weighted by molar-refractivity contribution is 5.85. The molecule has 2 unspecified atom stereocenters. The molecule has 0 saturated heterocycles. The molecule has 0 spiro atoms. The van der Waals surface area contributed by atoms with Gasteiger partial charge < -0.3 is 15.6 Å². The van der Waals surface area contributed by atoms with E-state index in [0.717, 1.165) is 17.7 Å². The van der Waals surface area contributed by atoms with Gasteiger partial charge in [0.2, 0.25) is 0 Å². The van der Waals surface area contributed by atoms with Crippen molar-refractivity contribution >= 4 is 18.4 Å². The molecule has 4 rings (SSSR count). The highest BCUT2D eigenvalue weighted by atomic mass is 35.5. The van der Waals surface area contributed by atoms with Crippen molar-refractivity contribution < 1.29 is 27.8 Å². The molecule has 3 aromatic carbocycles. The number of rotatable bonds is 4. The molecule has 0 amide bonds. The molecule has 0 radical (unpaired) electrons. The van der Waals surface area contributed by atoms with Crippen LogP contribution in [-0.4, -0.2) is 17.1 Å². The second-order valence-corrected chi connectivity index (χ2v) is 7.55. The van der Waals surface area contributed by atoms with Crippen molar-refractivity contribution in [3.05, 3.63) is 83.4 Å². The third kappa shape index (κ3) is 4.74. The van der Waals surface area contributed by atoms with E-state index in [0.29, 0.717) is 41.0 Å². The molecule has 168 valence electrons. The number of ether oxygens (including phenoxy) is 1. The molecule has 0 bridgehead atoms. The number of carbonyl (C=O) groups is 1. The van der Waals surface area contributed by atoms with Crippen molar-refractivity contribution in [2.24, 2.45) is 5.73 Å². The fraction of sp³-hybridized carbons (Fsp3) is 0.208. The summed E-state index contributed by atoms with van der Waals surface area (Å²) in [6.45, 7) is 0. The van der Waals surface area contributed by atoms with Gasteiger partial charge in [0.1, 0.15) is 11.5 Å². The predicted octanol–water partition coefficient (Wildman–Crippen LogP) is 6.03. The van der Waals surface area contributed by atoms with E-state index in [1.165, 1.54) is 12.1 Å². The van der Waals surface area contributed by atoms with Crippen LogP contribution in [0.25, 0.3) is 11.1 Å². The monoisotopic (exact) mass is 463 g/mol. The van der Waals surface area contributed by atoms with Crippen LogP contribution in [0.1, 0.15) is 29.0 Å². The van der Waals surface area contributed by atoms with Crippen molar-refractivity contribution in [2.45, 2.75) is 31.0 Å². The van der Waals surface area contributed by atoms with Gasteiger partial charge in [-0.25, -0.2) is 0 Å². The molecule has 32 heavy (non-hydrogen) atoms. The van der Waals surface area contributed by atoms with Crippen molar-refractivity contribution in [2.75, 3.05) is 0 Å². The van der Waals surface area contributed by atoms with Crippen molar-refractivity contribution in [1.29, 1.82) is 0 Å². The topological polar surface area (TPSA) is 72.5 Å². The molecule has 0 saturated carbocycles. The average Bonchev–Trinajstić information content (AvgIpc) is 2.73. The standard InChI is InChI=1S/C24H20F3NO3.ClH/c25-24(26,27)16-9-5-14(6-10-16)18-3-1-2-4-21(18)31-17-11-7-15-8-12-20(28)22(23(29)30)19(15)13-17;/h1-7,9-11,13,20,22H,8,12,28H2,(H,29,30);1H. The lowest BCUT2D eigenvalue weighted by Gasteiger charge is -2.28. The highest BCUT2D eigenvalue weighted by Crippen LogP contribution is 2.38. The van der Waals surface area contributed by atoms with Gasteiger partial charge in [0.25, 0.3) is 0 Å². The average molecular weight is 464 g/mol. The van der Waals surface area contributed by atoms with Crippen LogP contribution in [0.15, 0.2) is 66.7 Å². The number of hydrogen-bond acceptors (Lipinski definition) is 3. The quantitative estimate of drug-likeness (QED) is 0.495. The molecule has 4 nitrogen and oxygen atoms in total. The molecule has 3 aromatic rings. The van der Waals surface area contributed by atoms with Crippen molar-refractivity contribution in [3.63, 3.8) is 0 Å². The highest BCUT2D eigenvalue weighted by Gasteiger charge is 2.33. The molecule has 0 aliphatic heterocycles. The van der Waals surface area contributed by atoms with E-state index in [1.807, 2.05) is 6.07 Å². The largest absolute Gasteiger partial charge is 0.481 e. The Hall–Kier alpha value is -3.03. The summed E-state index contributed by atoms with van der Waals surface area (Å²) in [6.07, 6.45) is -3.11. The van der Waals surface area contributed by atoms with Crippen LogP contribution in [0.2, 0.25) is 0 Å². The van der Waals surface area contributed by atoms with E-state index >= 15 is 0 Å². The summed E-state index contributed by atoms with van der Waals surface area (Å²) in [5.74, 6) is -0.888. The molecule has 8 heteroatoms. The third-order valence-corrected chi connectivity index (χ3v) is 5.53. The Balaban J connectivity index is 0.00000289. The van der Waals surface area contributed by atoms with E-state index in [9.17, 15) is 23.1 Å². The summed E-state index contributed by atoms with van der Waals surface area (Å²) in [6, 6.07) is 16.7. The second-order valence-electron chi connectivity index (χ2n) is 7.55. The Morgan fingerprint density at radius 1 is 1.03 bits per heavy atom. The number of carboxylic acid groups (broad SMARTS) is 1. The minimum atomic E-state index is -4.40. The molecule has 1 aliphatic rings. The Kier molecular flexibility index (Phi) is 6.81. The maximum Gasteiger partial charge on any atom is 0.416 e. The van der Waals surface area contributed by atoms with Gasteiger partial charge >= 0.3 is 12.1 Å². The molecular formula is C24H21ClF3NO3. The lowest BCUT2D eigenvalue weighted by Crippen LogP contribution is -2.37. The Morgan fingerprint density at radius 3 is 2.38 bits per heavy atom. The van der Waals surface area contributed by atoms with Crippen LogP contribution < -0.4 is 10.5 Å². The van der Waals surface area contributed by atoms with E-state index in [-0.39, 0.29) is 12.4 Å². The first-order chi connectivity index (χ1) is 14.7. The molecule has 3 N–H and O–H groups in total. The Morgan fingerprint density at radius 2 is 1.72 bits per heavy atom. The zero-order valence-electron chi connectivity index (χ0n) is 16.8. The molecule has 0 aromatic heterocycles. The summed E-state index contributed by atoms with van der Waals surface area (Å²) in [5.41, 5.74) is 8.08. The number of para-hydroxylation sites is 1. The van der Waals surface area contributed by atoms with Gasteiger partial charge in [-0.1, -0.05) is 36.4 Å². The zero-order valence-corrected chi connectivity index (χ0v) is 17.6. The van der Waals surface area contributed by atoms with Gasteiger partial charge in [-0.3, -0.25) is 4.79 Å². The lowest BCUT2D eigenvalue weighted by molar-refractivity contribution is -0.139. The van der Waals surface area contributed by atoms with Gasteiger partial charge in [0.05, 0.1) is 11.5 Å². The van der Waals surface area contributed by atoms with Gasteiger partial charge in [-0.15, -0.1) is 12.4 Å². The first kappa shape index (κ1) is 23.6. The first-order valence-electron chi connectivity index (χ1n) is 9.80. The molecule has 0 fully saturated rings. The number of benzene rings is 3. The number of carboxylic acids is 1. The SMILES string of the molecule is Cl.NC1CCc2ccc(Oc3ccccc3-c3ccc(C(F)(F)F)cc3)cc2C1C(=O)O. The molecule has 0 heterocycles. The van der Waals surface area contributed by atoms with Crippen LogP contribution in [0.5, 0.6) is 11.5 Å². The van der Waals surface area contributed by atoms with Crippen molar-refractivity contribution in [3.8, 4) is 22.6 Å². The minimum absolute atomic E-state index is 0. The van der Waals surface area contributed by atoms with Crippen LogP contribution >= 0.6 is 12.4 Å². The van der Waals surface area contributed by atoms with Gasteiger partial charge in [-0.2, -0.15) is 13.2 Å².